The highest BCUT2D eigenvalue weighted by atomic mass is 35.5. The van der Waals surface area contributed by atoms with Gasteiger partial charge in [-0.15, -0.1) is 0 Å². The Kier molecular flexibility index (Phi) is 4.82. The molecule has 2 N–H and O–H groups in total. The Bertz CT molecular complexity index is 608. The summed E-state index contributed by atoms with van der Waals surface area (Å²) in [4.78, 5) is 11.8. The molecule has 20 heavy (non-hydrogen) atoms. The van der Waals surface area contributed by atoms with Gasteiger partial charge < -0.3 is 15.1 Å². The van der Waals surface area contributed by atoms with Crippen LogP contribution in [0, 0.1) is 13.8 Å². The summed E-state index contributed by atoms with van der Waals surface area (Å²) in [5, 5.41) is 6.46. The number of amides is 1. The number of benzene rings is 1. The quantitative estimate of drug-likeness (QED) is 0.889. The SMILES string of the molecule is Cc1ccc(CNCC(=O)Nc2cc(Cl)ccc2C)o1. The monoisotopic (exact) mass is 292 g/mol. The molecule has 0 fully saturated rings. The van der Waals surface area contributed by atoms with Crippen molar-refractivity contribution in [3.8, 4) is 0 Å². The fourth-order valence-electron chi connectivity index (χ4n) is 1.80. The molecule has 4 nitrogen and oxygen atoms in total. The molecule has 106 valence electrons. The first-order valence-electron chi connectivity index (χ1n) is 6.36. The van der Waals surface area contributed by atoms with Gasteiger partial charge in [-0.1, -0.05) is 17.7 Å². The van der Waals surface area contributed by atoms with Crippen LogP contribution < -0.4 is 10.6 Å². The Balaban J connectivity index is 1.82. The standard InChI is InChI=1S/C15H17ClN2O2/c1-10-3-5-12(16)7-14(10)18-15(19)9-17-8-13-6-4-11(2)20-13/h3-7,17H,8-9H2,1-2H3,(H,18,19). The topological polar surface area (TPSA) is 54.3 Å². The Morgan fingerprint density at radius 1 is 1.25 bits per heavy atom. The van der Waals surface area contributed by atoms with Gasteiger partial charge in [0.05, 0.1) is 13.1 Å². The minimum Gasteiger partial charge on any atom is -0.465 e. The number of rotatable bonds is 5. The maximum atomic E-state index is 11.8. The van der Waals surface area contributed by atoms with Gasteiger partial charge in [-0.3, -0.25) is 4.79 Å². The second kappa shape index (κ2) is 6.59. The van der Waals surface area contributed by atoms with E-state index in [1.807, 2.05) is 32.0 Å². The zero-order chi connectivity index (χ0) is 14.5. The van der Waals surface area contributed by atoms with Crippen LogP contribution in [0.15, 0.2) is 34.7 Å². The van der Waals surface area contributed by atoms with Crippen LogP contribution in [0.2, 0.25) is 5.02 Å². The number of aryl methyl sites for hydroxylation is 2. The molecular formula is C15H17ClN2O2. The third kappa shape index (κ3) is 4.11. The van der Waals surface area contributed by atoms with E-state index in [1.165, 1.54) is 0 Å². The van der Waals surface area contributed by atoms with Gasteiger partial charge >= 0.3 is 0 Å². The molecule has 5 heteroatoms. The summed E-state index contributed by atoms with van der Waals surface area (Å²) in [5.41, 5.74) is 1.71. The highest BCUT2D eigenvalue weighted by Gasteiger charge is 2.06. The molecule has 0 aliphatic heterocycles. The van der Waals surface area contributed by atoms with E-state index in [9.17, 15) is 4.79 Å². The molecule has 1 aromatic heterocycles. The van der Waals surface area contributed by atoms with Gasteiger partial charge in [-0.25, -0.2) is 0 Å². The van der Waals surface area contributed by atoms with E-state index in [4.69, 9.17) is 16.0 Å². The van der Waals surface area contributed by atoms with Crippen LogP contribution in [-0.2, 0) is 11.3 Å². The van der Waals surface area contributed by atoms with E-state index in [1.54, 1.807) is 12.1 Å². The van der Waals surface area contributed by atoms with Crippen molar-refractivity contribution in [3.05, 3.63) is 52.4 Å². The minimum absolute atomic E-state index is 0.112. The highest BCUT2D eigenvalue weighted by Crippen LogP contribution is 2.19. The average molecular weight is 293 g/mol. The van der Waals surface area contributed by atoms with Crippen LogP contribution in [0.4, 0.5) is 5.69 Å². The molecule has 1 heterocycles. The van der Waals surface area contributed by atoms with E-state index >= 15 is 0 Å². The zero-order valence-electron chi connectivity index (χ0n) is 11.5. The summed E-state index contributed by atoms with van der Waals surface area (Å²) >= 11 is 5.91. The van der Waals surface area contributed by atoms with Crippen LogP contribution in [0.1, 0.15) is 17.1 Å². The maximum absolute atomic E-state index is 11.8. The molecule has 0 saturated carbocycles. The Morgan fingerprint density at radius 3 is 2.75 bits per heavy atom. The second-order valence-electron chi connectivity index (χ2n) is 4.62. The smallest absolute Gasteiger partial charge is 0.238 e. The number of anilines is 1. The Labute approximate surface area is 123 Å². The summed E-state index contributed by atoms with van der Waals surface area (Å²) in [5.74, 6) is 1.56. The van der Waals surface area contributed by atoms with Crippen molar-refractivity contribution in [1.82, 2.24) is 5.32 Å². The van der Waals surface area contributed by atoms with Crippen LogP contribution in [-0.4, -0.2) is 12.5 Å². The lowest BCUT2D eigenvalue weighted by atomic mass is 10.2. The summed E-state index contributed by atoms with van der Waals surface area (Å²) in [6, 6.07) is 9.19. The number of carbonyl (C=O) groups is 1. The van der Waals surface area contributed by atoms with Crippen molar-refractivity contribution in [2.24, 2.45) is 0 Å². The molecule has 2 aromatic rings. The summed E-state index contributed by atoms with van der Waals surface area (Å²) in [6.07, 6.45) is 0. The van der Waals surface area contributed by atoms with Crippen molar-refractivity contribution in [1.29, 1.82) is 0 Å². The first-order valence-corrected chi connectivity index (χ1v) is 6.74. The fraction of sp³-hybridized carbons (Fsp3) is 0.267. The van der Waals surface area contributed by atoms with Gasteiger partial charge in [0.25, 0.3) is 0 Å². The number of hydrogen-bond acceptors (Lipinski definition) is 3. The molecule has 0 aliphatic carbocycles. The molecule has 2 rings (SSSR count). The fourth-order valence-corrected chi connectivity index (χ4v) is 1.97. The van der Waals surface area contributed by atoms with E-state index in [0.717, 1.165) is 22.8 Å². The molecule has 0 radical (unpaired) electrons. The van der Waals surface area contributed by atoms with Crippen LogP contribution in [0.3, 0.4) is 0 Å². The number of hydrogen-bond donors (Lipinski definition) is 2. The molecule has 0 saturated heterocycles. The molecule has 1 aromatic carbocycles. The normalized spacial score (nSPS) is 10.6. The molecule has 0 spiro atoms. The molecule has 1 amide bonds. The minimum atomic E-state index is -0.112. The number of nitrogens with one attached hydrogen (secondary N) is 2. The highest BCUT2D eigenvalue weighted by molar-refractivity contribution is 6.31. The van der Waals surface area contributed by atoms with Gasteiger partial charge in [-0.2, -0.15) is 0 Å². The van der Waals surface area contributed by atoms with Crippen molar-refractivity contribution in [2.75, 3.05) is 11.9 Å². The van der Waals surface area contributed by atoms with E-state index in [-0.39, 0.29) is 12.5 Å². The van der Waals surface area contributed by atoms with E-state index < -0.39 is 0 Å². The van der Waals surface area contributed by atoms with Crippen LogP contribution in [0.25, 0.3) is 0 Å². The van der Waals surface area contributed by atoms with Gasteiger partial charge in [0, 0.05) is 10.7 Å². The van der Waals surface area contributed by atoms with E-state index in [0.29, 0.717) is 11.6 Å². The predicted octanol–water partition coefficient (Wildman–Crippen LogP) is 3.28. The first kappa shape index (κ1) is 14.6. The predicted molar refractivity (Wildman–Crippen MR) is 80.0 cm³/mol. The Hall–Kier alpha value is -1.78. The summed E-state index contributed by atoms with van der Waals surface area (Å²) in [7, 11) is 0. The molecule has 0 bridgehead atoms. The second-order valence-corrected chi connectivity index (χ2v) is 5.06. The van der Waals surface area contributed by atoms with Crippen molar-refractivity contribution >= 4 is 23.2 Å². The molecule has 0 aliphatic rings. The maximum Gasteiger partial charge on any atom is 0.238 e. The molecule has 0 unspecified atom stereocenters. The van der Waals surface area contributed by atoms with Crippen molar-refractivity contribution in [2.45, 2.75) is 20.4 Å². The van der Waals surface area contributed by atoms with Gasteiger partial charge in [0.1, 0.15) is 11.5 Å². The van der Waals surface area contributed by atoms with Gasteiger partial charge in [0.2, 0.25) is 5.91 Å². The number of halogens is 1. The van der Waals surface area contributed by atoms with Gasteiger partial charge in [0.15, 0.2) is 0 Å². The first-order chi connectivity index (χ1) is 9.54. The number of furan rings is 1. The number of carbonyl (C=O) groups excluding carboxylic acids is 1. The average Bonchev–Trinajstić information content (AvgIpc) is 2.80. The van der Waals surface area contributed by atoms with Crippen molar-refractivity contribution in [3.63, 3.8) is 0 Å². The lowest BCUT2D eigenvalue weighted by Gasteiger charge is -2.09. The Morgan fingerprint density at radius 2 is 2.05 bits per heavy atom. The zero-order valence-corrected chi connectivity index (χ0v) is 12.3. The lowest BCUT2D eigenvalue weighted by molar-refractivity contribution is -0.115. The largest absolute Gasteiger partial charge is 0.465 e. The van der Waals surface area contributed by atoms with E-state index in [2.05, 4.69) is 10.6 Å². The van der Waals surface area contributed by atoms with Crippen LogP contribution in [0.5, 0.6) is 0 Å². The van der Waals surface area contributed by atoms with Crippen LogP contribution >= 0.6 is 11.6 Å². The molecular weight excluding hydrogens is 276 g/mol. The molecule has 0 atom stereocenters. The third-order valence-corrected chi connectivity index (χ3v) is 3.09. The lowest BCUT2D eigenvalue weighted by Crippen LogP contribution is -2.27. The third-order valence-electron chi connectivity index (χ3n) is 2.85. The van der Waals surface area contributed by atoms with Gasteiger partial charge in [-0.05, 0) is 43.7 Å². The summed E-state index contributed by atoms with van der Waals surface area (Å²) in [6.45, 7) is 4.55. The van der Waals surface area contributed by atoms with Crippen molar-refractivity contribution < 1.29 is 9.21 Å². The summed E-state index contributed by atoms with van der Waals surface area (Å²) < 4.78 is 5.41.